The number of aliphatic imine (C=N–C) groups is 1. The summed E-state index contributed by atoms with van der Waals surface area (Å²) in [5.41, 5.74) is 2.79. The van der Waals surface area contributed by atoms with Crippen LogP contribution in [0.15, 0.2) is 17.8 Å². The molecular formula is C17H30N4O3S. The second kappa shape index (κ2) is 12.0. The van der Waals surface area contributed by atoms with Gasteiger partial charge in [-0.05, 0) is 32.1 Å². The lowest BCUT2D eigenvalue weighted by molar-refractivity contribution is 0.134. The number of nitrogens with one attached hydrogen (secondary N) is 3. The number of rotatable bonds is 14. The maximum atomic E-state index is 11.3. The standard InChI is InChI=1S/C17H30N4O3S/c1-2-24-19-10-6-3-5-9-18-13-23-11-7-4-8-15-16-14(12-25-15)20-17(22)21-16/h2,13-16,19H,1,3-12H2,(H2,20,21,22). The highest BCUT2D eigenvalue weighted by Gasteiger charge is 2.42. The third kappa shape index (κ3) is 7.56. The van der Waals surface area contributed by atoms with Gasteiger partial charge in [-0.15, -0.1) is 0 Å². The van der Waals surface area contributed by atoms with Crippen LogP contribution in [0.5, 0.6) is 0 Å². The first-order valence-electron chi connectivity index (χ1n) is 9.09. The van der Waals surface area contributed by atoms with E-state index in [2.05, 4.69) is 27.7 Å². The molecule has 2 heterocycles. The molecule has 2 rings (SSSR count). The van der Waals surface area contributed by atoms with Crippen molar-refractivity contribution in [2.75, 3.05) is 25.4 Å². The van der Waals surface area contributed by atoms with Crippen LogP contribution in [0.2, 0.25) is 0 Å². The van der Waals surface area contributed by atoms with E-state index in [0.717, 1.165) is 57.4 Å². The van der Waals surface area contributed by atoms with Crippen LogP contribution in [-0.2, 0) is 9.57 Å². The van der Waals surface area contributed by atoms with Crippen molar-refractivity contribution in [1.82, 2.24) is 16.1 Å². The predicted molar refractivity (Wildman–Crippen MR) is 102 cm³/mol. The average molecular weight is 371 g/mol. The molecule has 2 aliphatic rings. The molecule has 0 aromatic heterocycles. The smallest absolute Gasteiger partial charge is 0.315 e. The molecule has 0 spiro atoms. The number of ether oxygens (including phenoxy) is 1. The van der Waals surface area contributed by atoms with Gasteiger partial charge in [-0.3, -0.25) is 4.99 Å². The highest BCUT2D eigenvalue weighted by Crippen LogP contribution is 2.32. The van der Waals surface area contributed by atoms with Crippen LogP contribution in [0.4, 0.5) is 4.79 Å². The SMILES string of the molecule is C=CONCCCCCN=COCCCCC1SCC2NC(=O)NC21. The van der Waals surface area contributed by atoms with Gasteiger partial charge in [0.15, 0.2) is 6.40 Å². The van der Waals surface area contributed by atoms with E-state index in [1.165, 1.54) is 6.26 Å². The summed E-state index contributed by atoms with van der Waals surface area (Å²) in [6.07, 6.45) is 9.45. The van der Waals surface area contributed by atoms with Crippen molar-refractivity contribution in [3.8, 4) is 0 Å². The number of carbonyl (C=O) groups is 1. The largest absolute Gasteiger partial charge is 0.483 e. The molecule has 0 aliphatic carbocycles. The van der Waals surface area contributed by atoms with Crippen LogP contribution in [0, 0.1) is 0 Å². The molecule has 0 saturated carbocycles. The van der Waals surface area contributed by atoms with E-state index in [9.17, 15) is 4.79 Å². The maximum absolute atomic E-state index is 11.3. The van der Waals surface area contributed by atoms with Gasteiger partial charge in [-0.25, -0.2) is 4.79 Å². The Kier molecular flexibility index (Phi) is 9.58. The summed E-state index contributed by atoms with van der Waals surface area (Å²) in [6.45, 7) is 5.79. The van der Waals surface area contributed by atoms with Gasteiger partial charge < -0.3 is 20.2 Å². The fourth-order valence-corrected chi connectivity index (χ4v) is 4.57. The number of amides is 2. The highest BCUT2D eigenvalue weighted by atomic mass is 32.2. The van der Waals surface area contributed by atoms with Gasteiger partial charge in [0.2, 0.25) is 0 Å². The number of hydrogen-bond acceptors (Lipinski definition) is 6. The number of fused-ring (bicyclic) bond motifs is 1. The summed E-state index contributed by atoms with van der Waals surface area (Å²) in [6, 6.07) is 0.607. The average Bonchev–Trinajstić information content (AvgIpc) is 3.15. The summed E-state index contributed by atoms with van der Waals surface area (Å²) in [7, 11) is 0. The van der Waals surface area contributed by atoms with Gasteiger partial charge >= 0.3 is 6.03 Å². The van der Waals surface area contributed by atoms with Gasteiger partial charge in [-0.2, -0.15) is 17.2 Å². The maximum Gasteiger partial charge on any atom is 0.315 e. The molecule has 25 heavy (non-hydrogen) atoms. The van der Waals surface area contributed by atoms with E-state index in [0.29, 0.717) is 23.9 Å². The second-order valence-corrected chi connectivity index (χ2v) is 7.51. The van der Waals surface area contributed by atoms with E-state index >= 15 is 0 Å². The minimum Gasteiger partial charge on any atom is -0.483 e. The van der Waals surface area contributed by atoms with Crippen molar-refractivity contribution in [1.29, 1.82) is 0 Å². The highest BCUT2D eigenvalue weighted by molar-refractivity contribution is 8.00. The molecule has 0 aromatic carbocycles. The lowest BCUT2D eigenvalue weighted by Crippen LogP contribution is -2.36. The van der Waals surface area contributed by atoms with Crippen molar-refractivity contribution in [3.63, 3.8) is 0 Å². The normalized spacial score (nSPS) is 24.8. The van der Waals surface area contributed by atoms with Crippen molar-refractivity contribution in [3.05, 3.63) is 12.8 Å². The first kappa shape index (κ1) is 19.9. The summed E-state index contributed by atoms with van der Waals surface area (Å²) in [5, 5.41) is 6.53. The third-order valence-electron chi connectivity index (χ3n) is 4.32. The van der Waals surface area contributed by atoms with E-state index in [1.807, 2.05) is 11.8 Å². The number of hydrogen-bond donors (Lipinski definition) is 3. The summed E-state index contributed by atoms with van der Waals surface area (Å²) >= 11 is 1.96. The Hall–Kier alpha value is -1.41. The molecule has 2 saturated heterocycles. The van der Waals surface area contributed by atoms with Gasteiger partial charge in [0.05, 0.1) is 18.7 Å². The quantitative estimate of drug-likeness (QED) is 0.109. The fraction of sp³-hybridized carbons (Fsp3) is 0.765. The first-order chi connectivity index (χ1) is 12.3. The van der Waals surface area contributed by atoms with Crippen molar-refractivity contribution in [2.24, 2.45) is 4.99 Å². The van der Waals surface area contributed by atoms with E-state index in [4.69, 9.17) is 9.57 Å². The van der Waals surface area contributed by atoms with Crippen LogP contribution in [-0.4, -0.2) is 55.2 Å². The molecule has 2 amide bonds. The van der Waals surface area contributed by atoms with E-state index in [1.54, 1.807) is 6.40 Å². The van der Waals surface area contributed by atoms with Crippen LogP contribution >= 0.6 is 11.8 Å². The molecule has 7 nitrogen and oxygen atoms in total. The van der Waals surface area contributed by atoms with Gasteiger partial charge in [0.1, 0.15) is 6.26 Å². The molecule has 3 unspecified atom stereocenters. The van der Waals surface area contributed by atoms with Crippen LogP contribution in [0.1, 0.15) is 38.5 Å². The fourth-order valence-electron chi connectivity index (χ4n) is 3.03. The summed E-state index contributed by atoms with van der Waals surface area (Å²) in [5.74, 6) is 1.02. The number of urea groups is 1. The zero-order valence-corrected chi connectivity index (χ0v) is 15.6. The second-order valence-electron chi connectivity index (χ2n) is 6.24. The molecular weight excluding hydrogens is 340 g/mol. The number of hydroxylamine groups is 1. The van der Waals surface area contributed by atoms with Crippen LogP contribution in [0.25, 0.3) is 0 Å². The molecule has 3 atom stereocenters. The Morgan fingerprint density at radius 2 is 2.20 bits per heavy atom. The van der Waals surface area contributed by atoms with E-state index in [-0.39, 0.29) is 6.03 Å². The lowest BCUT2D eigenvalue weighted by Gasteiger charge is -2.16. The summed E-state index contributed by atoms with van der Waals surface area (Å²) < 4.78 is 5.44. The molecule has 0 aromatic rings. The van der Waals surface area contributed by atoms with Crippen molar-refractivity contribution < 1.29 is 14.4 Å². The molecule has 2 fully saturated rings. The van der Waals surface area contributed by atoms with Crippen LogP contribution < -0.4 is 16.1 Å². The molecule has 0 radical (unpaired) electrons. The molecule has 0 bridgehead atoms. The minimum absolute atomic E-state index is 0.0128. The molecule has 142 valence electrons. The Balaban J connectivity index is 1.36. The van der Waals surface area contributed by atoms with Crippen molar-refractivity contribution >= 4 is 24.2 Å². The van der Waals surface area contributed by atoms with Crippen LogP contribution in [0.3, 0.4) is 0 Å². The molecule has 3 N–H and O–H groups in total. The zero-order chi connectivity index (χ0) is 17.7. The third-order valence-corrected chi connectivity index (χ3v) is 5.83. The first-order valence-corrected chi connectivity index (χ1v) is 10.1. The Labute approximate surface area is 154 Å². The Morgan fingerprint density at radius 3 is 3.08 bits per heavy atom. The Morgan fingerprint density at radius 1 is 1.28 bits per heavy atom. The minimum atomic E-state index is -0.0128. The molecule has 8 heteroatoms. The monoisotopic (exact) mass is 370 g/mol. The molecule has 2 aliphatic heterocycles. The number of carbonyl (C=O) groups excluding carboxylic acids is 1. The lowest BCUT2D eigenvalue weighted by atomic mass is 10.0. The zero-order valence-electron chi connectivity index (χ0n) is 14.7. The summed E-state index contributed by atoms with van der Waals surface area (Å²) in [4.78, 5) is 20.4. The number of nitrogens with zero attached hydrogens (tertiary/aromatic N) is 1. The van der Waals surface area contributed by atoms with Gasteiger partial charge in [0, 0.05) is 24.1 Å². The van der Waals surface area contributed by atoms with Gasteiger partial charge in [-0.1, -0.05) is 13.0 Å². The van der Waals surface area contributed by atoms with E-state index < -0.39 is 0 Å². The number of thioether (sulfide) groups is 1. The Bertz CT molecular complexity index is 436. The topological polar surface area (TPSA) is 84.0 Å². The number of unbranched alkanes of at least 4 members (excludes halogenated alkanes) is 3. The van der Waals surface area contributed by atoms with Gasteiger partial charge in [0.25, 0.3) is 0 Å². The predicted octanol–water partition coefficient (Wildman–Crippen LogP) is 2.20. The van der Waals surface area contributed by atoms with Crippen molar-refractivity contribution in [2.45, 2.75) is 55.9 Å².